The summed E-state index contributed by atoms with van der Waals surface area (Å²) in [6, 6.07) is 0. The van der Waals surface area contributed by atoms with Crippen molar-refractivity contribution in [1.82, 2.24) is 29.7 Å². The normalized spacial score (nSPS) is 13.6. The highest BCUT2D eigenvalue weighted by Gasteiger charge is 2.14. The number of rotatable bonds is 14. The molecule has 2 rings (SSSR count). The Morgan fingerprint density at radius 2 is 1.21 bits per heavy atom. The summed E-state index contributed by atoms with van der Waals surface area (Å²) in [6.07, 6.45) is 15.3. The van der Waals surface area contributed by atoms with Gasteiger partial charge in [0.15, 0.2) is 11.6 Å². The van der Waals surface area contributed by atoms with Gasteiger partial charge in [-0.25, -0.2) is 9.97 Å². The zero-order chi connectivity index (χ0) is 20.4. The summed E-state index contributed by atoms with van der Waals surface area (Å²) in [5.41, 5.74) is 0. The fraction of sp³-hybridized carbons (Fsp3) is 0.810. The van der Waals surface area contributed by atoms with Crippen LogP contribution in [0.3, 0.4) is 0 Å². The summed E-state index contributed by atoms with van der Waals surface area (Å²) in [5.74, 6) is 3.13. The van der Waals surface area contributed by atoms with Crippen LogP contribution in [-0.4, -0.2) is 36.8 Å². The van der Waals surface area contributed by atoms with Crippen LogP contribution in [0, 0.1) is 11.8 Å². The molecule has 0 spiro atoms. The predicted octanol–water partition coefficient (Wildman–Crippen LogP) is 4.42. The van der Waals surface area contributed by atoms with Crippen molar-refractivity contribution in [2.45, 2.75) is 91.9 Å². The van der Waals surface area contributed by atoms with Crippen molar-refractivity contribution >= 4 is 0 Å². The maximum atomic E-state index is 4.65. The first-order valence-electron chi connectivity index (χ1n) is 11.2. The van der Waals surface area contributed by atoms with Crippen molar-refractivity contribution in [2.75, 3.05) is 12.2 Å². The summed E-state index contributed by atoms with van der Waals surface area (Å²) in [5, 5.41) is 11.1. The fourth-order valence-corrected chi connectivity index (χ4v) is 3.54. The Hall–Kier alpha value is -1.92. The Bertz CT molecular complexity index is 607. The molecule has 158 valence electrons. The molecule has 2 aromatic heterocycles. The molecule has 0 fully saturated rings. The molecule has 7 nitrogen and oxygen atoms in total. The lowest BCUT2D eigenvalue weighted by molar-refractivity contribution is 0.424. The third kappa shape index (κ3) is 6.60. The van der Waals surface area contributed by atoms with E-state index in [9.17, 15) is 0 Å². The molecule has 2 heterocycles. The minimum absolute atomic E-state index is 0.660. The molecule has 0 aromatic carbocycles. The minimum atomic E-state index is 0.660. The van der Waals surface area contributed by atoms with Crippen LogP contribution in [0.5, 0.6) is 0 Å². The summed E-state index contributed by atoms with van der Waals surface area (Å²) < 4.78 is 0. The van der Waals surface area contributed by atoms with Gasteiger partial charge in [-0.1, -0.05) is 79.1 Å². The van der Waals surface area contributed by atoms with Crippen LogP contribution in [-0.2, 0) is 12.8 Å². The largest absolute Gasteiger partial charge is 0.218 e. The Labute approximate surface area is 170 Å². The standard InChI is InChI=1S/C21H39N7/c1-6-10-12-18(8-3)14-20-22-16-27(24-20)26(5)28-17-23-21(25-28)15-19(9-4)13-11-7-2/h16-19H,6-15H2,1-5H3. The van der Waals surface area contributed by atoms with E-state index in [1.807, 2.05) is 12.2 Å². The van der Waals surface area contributed by atoms with E-state index in [0.717, 1.165) is 24.5 Å². The molecular formula is C21H39N7. The number of unbranched alkanes of at least 4 members (excludes halogenated alkanes) is 2. The molecule has 0 aliphatic rings. The van der Waals surface area contributed by atoms with Crippen LogP contribution in [0.4, 0.5) is 0 Å². The van der Waals surface area contributed by atoms with Gasteiger partial charge in [-0.2, -0.15) is 5.12 Å². The van der Waals surface area contributed by atoms with Crippen LogP contribution in [0.15, 0.2) is 12.7 Å². The lowest BCUT2D eigenvalue weighted by atomic mass is 9.96. The number of aromatic nitrogens is 6. The van der Waals surface area contributed by atoms with Gasteiger partial charge in [-0.15, -0.1) is 19.8 Å². The predicted molar refractivity (Wildman–Crippen MR) is 114 cm³/mol. The van der Waals surface area contributed by atoms with Gasteiger partial charge in [0, 0.05) is 19.9 Å². The second-order valence-corrected chi connectivity index (χ2v) is 7.89. The summed E-state index contributed by atoms with van der Waals surface area (Å²) in [7, 11) is 1.93. The Balaban J connectivity index is 1.96. The van der Waals surface area contributed by atoms with Gasteiger partial charge < -0.3 is 0 Å². The molecular weight excluding hydrogens is 350 g/mol. The third-order valence-electron chi connectivity index (χ3n) is 5.68. The number of hydrogen-bond donors (Lipinski definition) is 0. The van der Waals surface area contributed by atoms with Gasteiger partial charge in [0.1, 0.15) is 12.7 Å². The second kappa shape index (κ2) is 11.8. The molecule has 0 bridgehead atoms. The van der Waals surface area contributed by atoms with E-state index in [2.05, 4.69) is 47.9 Å². The average molecular weight is 390 g/mol. The SMILES string of the molecule is CCCCC(CC)Cc1ncn(N(C)n2cnc(CC(CC)CCCC)n2)n1. The zero-order valence-electron chi connectivity index (χ0n) is 18.5. The van der Waals surface area contributed by atoms with Crippen LogP contribution in [0.25, 0.3) is 0 Å². The maximum absolute atomic E-state index is 4.65. The van der Waals surface area contributed by atoms with Gasteiger partial charge in [0.25, 0.3) is 0 Å². The van der Waals surface area contributed by atoms with Crippen molar-refractivity contribution in [3.05, 3.63) is 24.3 Å². The Kier molecular flexibility index (Phi) is 9.44. The van der Waals surface area contributed by atoms with E-state index in [4.69, 9.17) is 0 Å². The molecule has 0 radical (unpaired) electrons. The highest BCUT2D eigenvalue weighted by molar-refractivity contribution is 4.90. The molecule has 2 atom stereocenters. The smallest absolute Gasteiger partial charge is 0.153 e. The van der Waals surface area contributed by atoms with Crippen molar-refractivity contribution in [1.29, 1.82) is 0 Å². The van der Waals surface area contributed by atoms with E-state index in [1.165, 1.54) is 51.4 Å². The van der Waals surface area contributed by atoms with Crippen molar-refractivity contribution in [3.63, 3.8) is 0 Å². The van der Waals surface area contributed by atoms with E-state index in [0.29, 0.717) is 11.8 Å². The Morgan fingerprint density at radius 1 is 0.786 bits per heavy atom. The van der Waals surface area contributed by atoms with E-state index < -0.39 is 0 Å². The van der Waals surface area contributed by atoms with Gasteiger partial charge in [-0.3, -0.25) is 0 Å². The van der Waals surface area contributed by atoms with E-state index >= 15 is 0 Å². The van der Waals surface area contributed by atoms with Crippen LogP contribution in [0.1, 0.15) is 90.7 Å². The van der Waals surface area contributed by atoms with Gasteiger partial charge in [-0.05, 0) is 11.8 Å². The quantitative estimate of drug-likeness (QED) is 0.478. The monoisotopic (exact) mass is 389 g/mol. The first-order chi connectivity index (χ1) is 13.6. The number of nitrogens with zero attached hydrogens (tertiary/aromatic N) is 7. The van der Waals surface area contributed by atoms with Crippen LogP contribution in [0.2, 0.25) is 0 Å². The zero-order valence-corrected chi connectivity index (χ0v) is 18.5. The molecule has 0 aliphatic carbocycles. The topological polar surface area (TPSA) is 64.7 Å². The highest BCUT2D eigenvalue weighted by Crippen LogP contribution is 2.17. The third-order valence-corrected chi connectivity index (χ3v) is 5.68. The van der Waals surface area contributed by atoms with Gasteiger partial charge in [0.05, 0.1) is 0 Å². The molecule has 28 heavy (non-hydrogen) atoms. The minimum Gasteiger partial charge on any atom is -0.218 e. The molecule has 0 saturated carbocycles. The molecule has 0 saturated heterocycles. The second-order valence-electron chi connectivity index (χ2n) is 7.89. The summed E-state index contributed by atoms with van der Waals surface area (Å²) in [4.78, 5) is 12.5. The Morgan fingerprint density at radius 3 is 1.57 bits per heavy atom. The molecule has 7 heteroatoms. The molecule has 0 amide bonds. The van der Waals surface area contributed by atoms with Crippen molar-refractivity contribution < 1.29 is 0 Å². The lowest BCUT2D eigenvalue weighted by Crippen LogP contribution is -2.36. The summed E-state index contributed by atoms with van der Waals surface area (Å²) in [6.45, 7) is 9.00. The van der Waals surface area contributed by atoms with Gasteiger partial charge in [0.2, 0.25) is 0 Å². The van der Waals surface area contributed by atoms with Crippen molar-refractivity contribution in [2.24, 2.45) is 11.8 Å². The molecule has 2 aromatic rings. The lowest BCUT2D eigenvalue weighted by Gasteiger charge is -2.17. The van der Waals surface area contributed by atoms with Crippen LogP contribution < -0.4 is 5.12 Å². The molecule has 2 unspecified atom stereocenters. The molecule has 0 N–H and O–H groups in total. The first-order valence-corrected chi connectivity index (χ1v) is 11.2. The van der Waals surface area contributed by atoms with Crippen LogP contribution >= 0.6 is 0 Å². The molecule has 0 aliphatic heterocycles. The number of hydrogen-bond acceptors (Lipinski definition) is 5. The van der Waals surface area contributed by atoms with Gasteiger partial charge >= 0.3 is 0 Å². The van der Waals surface area contributed by atoms with E-state index in [1.54, 1.807) is 22.2 Å². The maximum Gasteiger partial charge on any atom is 0.153 e. The average Bonchev–Trinajstić information content (AvgIpc) is 3.37. The fourth-order valence-electron chi connectivity index (χ4n) is 3.54. The van der Waals surface area contributed by atoms with Crippen molar-refractivity contribution in [3.8, 4) is 0 Å². The van der Waals surface area contributed by atoms with E-state index in [-0.39, 0.29) is 0 Å². The first kappa shape index (κ1) is 22.4. The highest BCUT2D eigenvalue weighted by atomic mass is 15.9. The summed E-state index contributed by atoms with van der Waals surface area (Å²) >= 11 is 0.